The zero-order valence-electron chi connectivity index (χ0n) is 74.6. The summed E-state index contributed by atoms with van der Waals surface area (Å²) in [6, 6.07) is 42.8. The number of nitrogens with zero attached hydrogens (tertiary/aromatic N) is 6. The number of benzene rings is 8. The number of rotatable bonds is 26. The number of likely N-dealkylation sites (tertiary alicyclic amines) is 3. The van der Waals surface area contributed by atoms with Crippen LogP contribution in [-0.2, 0) is 20.8 Å². The maximum Gasteiger partial charge on any atom is 0.342 e. The molecule has 128 heavy (non-hydrogen) atoms. The fourth-order valence-corrected chi connectivity index (χ4v) is 20.8. The predicted molar refractivity (Wildman–Crippen MR) is 500 cm³/mol. The van der Waals surface area contributed by atoms with E-state index in [0.29, 0.717) is 131 Å². The smallest absolute Gasteiger partial charge is 0.342 e. The number of aryl methyl sites for hydroxylation is 3. The van der Waals surface area contributed by atoms with Crippen molar-refractivity contribution in [2.75, 3.05) is 72.3 Å². The van der Waals surface area contributed by atoms with Crippen LogP contribution in [0, 0.1) is 32.6 Å². The van der Waals surface area contributed by atoms with Gasteiger partial charge < -0.3 is 57.0 Å². The summed E-state index contributed by atoms with van der Waals surface area (Å²) in [7, 11) is 0. The van der Waals surface area contributed by atoms with Gasteiger partial charge in [0.05, 0.1) is 51.2 Å². The Morgan fingerprint density at radius 3 is 1.05 bits per heavy atom. The van der Waals surface area contributed by atoms with Crippen LogP contribution in [0.25, 0.3) is 76.0 Å². The molecule has 2 saturated carbocycles. The Bertz CT molecular complexity index is 6250. The summed E-state index contributed by atoms with van der Waals surface area (Å²) in [5.41, 5.74) is 8.89. The number of pyridine rings is 3. The van der Waals surface area contributed by atoms with E-state index >= 15 is 0 Å². The van der Waals surface area contributed by atoms with Crippen molar-refractivity contribution in [2.24, 2.45) is 11.8 Å². The van der Waals surface area contributed by atoms with E-state index < -0.39 is 17.9 Å². The summed E-state index contributed by atoms with van der Waals surface area (Å²) in [4.78, 5) is 60.1. The summed E-state index contributed by atoms with van der Waals surface area (Å²) < 4.78 is 54.4. The van der Waals surface area contributed by atoms with E-state index in [4.69, 9.17) is 41.7 Å². The van der Waals surface area contributed by atoms with E-state index in [1.807, 2.05) is 109 Å². The molecule has 3 N–H and O–H groups in total. The highest BCUT2D eigenvalue weighted by Gasteiger charge is 2.40. The minimum absolute atomic E-state index is 0.104. The molecule has 0 radical (unpaired) electrons. The summed E-state index contributed by atoms with van der Waals surface area (Å²) in [6.07, 6.45) is 34.5. The number of aromatic hydroxyl groups is 3. The second-order valence-corrected chi connectivity index (χ2v) is 35.0. The SMILES string of the molecule is CCOC(=O)c1c(C)oc2c1c(C(c1ccncc1)N1CCCCC1)c(O)c1cc(OCCC3CCCC3)ccc12.CCOC(=O)c1c(C)oc2c1c(C(c1ccncc1)N1CCCCC1)c(O)c1cc(OCCC3CCCCC3)ccc12.CCOC(=O)c1c(C)oc2c1c(C(c1ccncc1)N1CCCCC1)c(O)c1cc(OCc3cccc4ccccc34)ccc12. The summed E-state index contributed by atoms with van der Waals surface area (Å²) in [5, 5.41) is 45.0. The molecule has 19 rings (SSSR count). The maximum absolute atomic E-state index is 13.4. The molecule has 6 aromatic heterocycles. The molecule has 0 spiro atoms. The Balaban J connectivity index is 0.000000135. The molecule has 0 amide bonds. The van der Waals surface area contributed by atoms with Crippen LogP contribution in [-0.4, -0.2) is 135 Å². The average molecular weight is 1730 g/mol. The number of ether oxygens (including phenoxy) is 6. The second-order valence-electron chi connectivity index (χ2n) is 35.0. The molecule has 14 aromatic rings. The van der Waals surface area contributed by atoms with Crippen molar-refractivity contribution >= 4 is 93.9 Å². The standard InChI is InChI=1S/C38H36N2O5.C35H42N2O5.C34H40N2O5/c1-3-43-38(42)32-24(2)45-37-30-15-14-28(44-23-27-12-9-11-25-10-5-6-13-29(25)27)22-31(30)36(41)34(33(32)37)35(26-16-18-39-19-17-26)40-20-7-4-8-21-40;1-3-40-35(39)29-23(2)42-34-27-13-12-26(41-21-16-24-10-6-4-7-11-24)22-28(27)33(38)31(30(29)34)32(25-14-17-36-18-15-25)37-19-8-5-9-20-37;1-3-39-34(38)28-22(2)41-33-26-12-11-25(40-20-15-23-9-5-6-10-23)21-27(26)32(37)30(29(28)33)31(24-13-16-35-17-14-24)36-18-7-4-8-19-36/h5-6,9-19,22,35,41H,3-4,7-8,20-21,23H2,1-2H3;12-15,17-18,22,24,32,38H,3-11,16,19-21H2,1-2H3;11-14,16-17,21,23,31,37H,3-10,15,18-20H2,1-2H3. The lowest BCUT2D eigenvalue weighted by atomic mass is 9.87. The van der Waals surface area contributed by atoms with Crippen LogP contribution in [0.3, 0.4) is 0 Å². The van der Waals surface area contributed by atoms with E-state index in [1.165, 1.54) is 70.6 Å². The van der Waals surface area contributed by atoms with Gasteiger partial charge in [-0.05, 0) is 268 Å². The van der Waals surface area contributed by atoms with Crippen molar-refractivity contribution in [1.29, 1.82) is 0 Å². The Morgan fingerprint density at radius 2 is 0.695 bits per heavy atom. The van der Waals surface area contributed by atoms with Crippen LogP contribution in [0.15, 0.2) is 184 Å². The molecule has 0 bridgehead atoms. The Kier molecular flexibility index (Phi) is 27.9. The number of fused-ring (bicyclic) bond motifs is 10. The quantitative estimate of drug-likeness (QED) is 0.0336. The number of hydrogen-bond donors (Lipinski definition) is 3. The van der Waals surface area contributed by atoms with Crippen LogP contribution < -0.4 is 14.2 Å². The number of esters is 3. The van der Waals surface area contributed by atoms with Crippen molar-refractivity contribution in [1.82, 2.24) is 29.7 Å². The van der Waals surface area contributed by atoms with Crippen molar-refractivity contribution in [2.45, 2.75) is 195 Å². The summed E-state index contributed by atoms with van der Waals surface area (Å²) in [6.45, 7) is 18.5. The van der Waals surface area contributed by atoms with Gasteiger partial charge in [-0.1, -0.05) is 120 Å². The lowest BCUT2D eigenvalue weighted by Crippen LogP contribution is -2.34. The molecule has 2 aliphatic carbocycles. The monoisotopic (exact) mass is 1730 g/mol. The minimum Gasteiger partial charge on any atom is -0.507 e. The first-order chi connectivity index (χ1) is 62.7. The maximum atomic E-state index is 13.4. The molecular formula is C107H118N6O15. The summed E-state index contributed by atoms with van der Waals surface area (Å²) in [5.74, 6) is 4.03. The van der Waals surface area contributed by atoms with Crippen LogP contribution in [0.5, 0.6) is 34.5 Å². The molecule has 3 saturated heterocycles. The number of piperidine rings is 3. The van der Waals surface area contributed by atoms with Crippen molar-refractivity contribution in [3.8, 4) is 34.5 Å². The number of aromatic nitrogens is 3. The fourth-order valence-electron chi connectivity index (χ4n) is 20.8. The molecular weight excluding hydrogens is 1610 g/mol. The predicted octanol–water partition coefficient (Wildman–Crippen LogP) is 24.3. The topological polar surface area (TPSA) is 255 Å². The number of phenolic OH excluding ortho intramolecular Hbond substituents is 3. The lowest BCUT2D eigenvalue weighted by molar-refractivity contribution is 0.0516. The van der Waals surface area contributed by atoms with Crippen molar-refractivity contribution in [3.63, 3.8) is 0 Å². The van der Waals surface area contributed by atoms with Gasteiger partial charge in [0, 0.05) is 102 Å². The highest BCUT2D eigenvalue weighted by molar-refractivity contribution is 6.20. The largest absolute Gasteiger partial charge is 0.507 e. The van der Waals surface area contributed by atoms with Gasteiger partial charge in [0.25, 0.3) is 0 Å². The second kappa shape index (κ2) is 40.5. The van der Waals surface area contributed by atoms with Gasteiger partial charge >= 0.3 is 17.9 Å². The molecule has 5 aliphatic rings. The number of phenols is 3. The third-order valence-corrected chi connectivity index (χ3v) is 27.0. The third-order valence-electron chi connectivity index (χ3n) is 27.0. The molecule has 9 heterocycles. The van der Waals surface area contributed by atoms with Crippen LogP contribution in [0.2, 0.25) is 0 Å². The molecule has 21 nitrogen and oxygen atoms in total. The number of carbonyl (C=O) groups is 3. The molecule has 666 valence electrons. The molecule has 3 unspecified atom stereocenters. The third kappa shape index (κ3) is 18.4. The zero-order valence-corrected chi connectivity index (χ0v) is 74.6. The van der Waals surface area contributed by atoms with Crippen molar-refractivity contribution in [3.05, 3.63) is 244 Å². The molecule has 8 aromatic carbocycles. The minimum atomic E-state index is -0.462. The molecule has 3 aliphatic heterocycles. The van der Waals surface area contributed by atoms with Crippen LogP contribution >= 0.6 is 0 Å². The van der Waals surface area contributed by atoms with Gasteiger partial charge in [-0.15, -0.1) is 0 Å². The first-order valence-electron chi connectivity index (χ1n) is 46.6. The van der Waals surface area contributed by atoms with E-state index in [0.717, 1.165) is 164 Å². The lowest BCUT2D eigenvalue weighted by Gasteiger charge is -2.36. The Labute approximate surface area is 747 Å². The Hall–Kier alpha value is -12.0. The van der Waals surface area contributed by atoms with E-state index in [1.54, 1.807) is 78.7 Å². The molecule has 3 atom stereocenters. The van der Waals surface area contributed by atoms with Gasteiger partial charge in [0.2, 0.25) is 0 Å². The van der Waals surface area contributed by atoms with Gasteiger partial charge in [-0.25, -0.2) is 14.4 Å². The van der Waals surface area contributed by atoms with Crippen LogP contribution in [0.1, 0.15) is 255 Å². The first kappa shape index (κ1) is 88.0. The highest BCUT2D eigenvalue weighted by atomic mass is 16.5. The number of hydrogen-bond acceptors (Lipinski definition) is 21. The van der Waals surface area contributed by atoms with Gasteiger partial charge in [0.15, 0.2) is 0 Å². The van der Waals surface area contributed by atoms with Crippen LogP contribution in [0.4, 0.5) is 0 Å². The average Bonchev–Trinajstić information content (AvgIpc) is 1.53. The summed E-state index contributed by atoms with van der Waals surface area (Å²) >= 11 is 0. The fraction of sp³-hybridized carbons (Fsp3) is 0.402. The number of furan rings is 3. The highest BCUT2D eigenvalue weighted by Crippen LogP contribution is 2.53. The Morgan fingerprint density at radius 1 is 0.375 bits per heavy atom. The van der Waals surface area contributed by atoms with E-state index in [2.05, 4.69) is 53.9 Å². The number of carbonyl (C=O) groups excluding carboxylic acids is 3. The van der Waals surface area contributed by atoms with Gasteiger partial charge in [0.1, 0.15) is 91.8 Å². The molecule has 5 fully saturated rings. The normalized spacial score (nSPS) is 16.4. The van der Waals surface area contributed by atoms with Crippen molar-refractivity contribution < 1.29 is 71.4 Å². The first-order valence-corrected chi connectivity index (χ1v) is 46.6. The zero-order chi connectivity index (χ0) is 88.3. The van der Waals surface area contributed by atoms with E-state index in [-0.39, 0.29) is 55.2 Å². The van der Waals surface area contributed by atoms with Gasteiger partial charge in [-0.2, -0.15) is 0 Å². The molecule has 21 heteroatoms. The van der Waals surface area contributed by atoms with Gasteiger partial charge in [-0.3, -0.25) is 29.7 Å². The van der Waals surface area contributed by atoms with E-state index in [9.17, 15) is 29.7 Å².